The van der Waals surface area contributed by atoms with Crippen molar-refractivity contribution in [1.29, 1.82) is 0 Å². The van der Waals surface area contributed by atoms with E-state index >= 15 is 0 Å². The Morgan fingerprint density at radius 2 is 2.00 bits per heavy atom. The van der Waals surface area contributed by atoms with Crippen LogP contribution in [0.15, 0.2) is 34.6 Å². The lowest BCUT2D eigenvalue weighted by Gasteiger charge is -2.08. The van der Waals surface area contributed by atoms with Crippen LogP contribution in [0, 0.1) is 12.7 Å². The van der Waals surface area contributed by atoms with Crippen molar-refractivity contribution in [3.63, 3.8) is 0 Å². The molecule has 6 heteroatoms. The van der Waals surface area contributed by atoms with Crippen molar-refractivity contribution >= 4 is 21.7 Å². The standard InChI is InChI=1S/C12H8FN3OS/c1-7-15-11-10(14-6-18-11)12(17)16(7)9-4-2-8(13)3-5-9/h2-6H,1H3. The van der Waals surface area contributed by atoms with Crippen LogP contribution in [0.25, 0.3) is 16.0 Å². The molecule has 4 nitrogen and oxygen atoms in total. The quantitative estimate of drug-likeness (QED) is 0.675. The predicted molar refractivity (Wildman–Crippen MR) is 67.7 cm³/mol. The maximum absolute atomic E-state index is 12.9. The number of hydrogen-bond acceptors (Lipinski definition) is 4. The highest BCUT2D eigenvalue weighted by Crippen LogP contribution is 2.15. The highest BCUT2D eigenvalue weighted by atomic mass is 32.1. The SMILES string of the molecule is Cc1nc2scnc2c(=O)n1-c1ccc(F)cc1. The summed E-state index contributed by atoms with van der Waals surface area (Å²) in [6.07, 6.45) is 0. The third kappa shape index (κ3) is 1.62. The van der Waals surface area contributed by atoms with Gasteiger partial charge in [-0.05, 0) is 31.2 Å². The smallest absolute Gasteiger partial charge is 0.266 e. The number of hydrogen-bond donors (Lipinski definition) is 0. The number of benzene rings is 1. The Morgan fingerprint density at radius 1 is 1.28 bits per heavy atom. The lowest BCUT2D eigenvalue weighted by atomic mass is 10.3. The minimum atomic E-state index is -0.341. The van der Waals surface area contributed by atoms with E-state index < -0.39 is 0 Å². The molecule has 0 aliphatic heterocycles. The van der Waals surface area contributed by atoms with Crippen molar-refractivity contribution < 1.29 is 4.39 Å². The normalized spacial score (nSPS) is 11.0. The zero-order valence-electron chi connectivity index (χ0n) is 9.42. The van der Waals surface area contributed by atoms with Crippen LogP contribution < -0.4 is 5.56 Å². The van der Waals surface area contributed by atoms with Crippen LogP contribution in [0.3, 0.4) is 0 Å². The van der Waals surface area contributed by atoms with Crippen molar-refractivity contribution in [2.75, 3.05) is 0 Å². The second-order valence-electron chi connectivity index (χ2n) is 3.78. The van der Waals surface area contributed by atoms with Gasteiger partial charge in [0.25, 0.3) is 5.56 Å². The molecule has 3 rings (SSSR count). The lowest BCUT2D eigenvalue weighted by Crippen LogP contribution is -2.22. The van der Waals surface area contributed by atoms with Crippen molar-refractivity contribution in [1.82, 2.24) is 14.5 Å². The molecule has 0 aliphatic rings. The van der Waals surface area contributed by atoms with Gasteiger partial charge >= 0.3 is 0 Å². The van der Waals surface area contributed by atoms with E-state index in [1.165, 1.54) is 28.0 Å². The summed E-state index contributed by atoms with van der Waals surface area (Å²) in [5.74, 6) is 0.218. The van der Waals surface area contributed by atoms with E-state index in [9.17, 15) is 9.18 Å². The van der Waals surface area contributed by atoms with Gasteiger partial charge in [-0.1, -0.05) is 0 Å². The number of aryl methyl sites for hydroxylation is 1. The first-order valence-corrected chi connectivity index (χ1v) is 6.13. The first kappa shape index (κ1) is 11.0. The van der Waals surface area contributed by atoms with Crippen LogP contribution in [0.4, 0.5) is 4.39 Å². The molecule has 0 N–H and O–H groups in total. The Kier molecular flexibility index (Phi) is 2.45. The molecule has 0 spiro atoms. The molecule has 0 bridgehead atoms. The molecule has 2 aromatic heterocycles. The molecule has 0 atom stereocenters. The van der Waals surface area contributed by atoms with Gasteiger partial charge in [-0.3, -0.25) is 9.36 Å². The Labute approximate surface area is 105 Å². The maximum Gasteiger partial charge on any atom is 0.285 e. The fraction of sp³-hybridized carbons (Fsp3) is 0.0833. The molecular weight excluding hydrogens is 253 g/mol. The molecule has 0 amide bonds. The summed E-state index contributed by atoms with van der Waals surface area (Å²) in [7, 11) is 0. The highest BCUT2D eigenvalue weighted by molar-refractivity contribution is 7.16. The van der Waals surface area contributed by atoms with Crippen LogP contribution in [0.1, 0.15) is 5.82 Å². The average molecular weight is 261 g/mol. The van der Waals surface area contributed by atoms with Gasteiger partial charge in [-0.25, -0.2) is 14.4 Å². The molecule has 3 aromatic rings. The summed E-state index contributed by atoms with van der Waals surface area (Å²) >= 11 is 1.33. The molecule has 0 aliphatic carbocycles. The number of fused-ring (bicyclic) bond motifs is 1. The molecule has 1 aromatic carbocycles. The molecule has 90 valence electrons. The molecule has 0 fully saturated rings. The van der Waals surface area contributed by atoms with E-state index in [1.807, 2.05) is 0 Å². The summed E-state index contributed by atoms with van der Waals surface area (Å²) in [6.45, 7) is 1.74. The topological polar surface area (TPSA) is 47.8 Å². The van der Waals surface area contributed by atoms with E-state index in [-0.39, 0.29) is 11.4 Å². The Balaban J connectivity index is 2.34. The summed E-state index contributed by atoms with van der Waals surface area (Å²) < 4.78 is 14.3. The van der Waals surface area contributed by atoms with Crippen molar-refractivity contribution in [2.24, 2.45) is 0 Å². The number of aromatic nitrogens is 3. The fourth-order valence-corrected chi connectivity index (χ4v) is 2.50. The predicted octanol–water partition coefficient (Wildman–Crippen LogP) is 2.29. The van der Waals surface area contributed by atoms with Crippen molar-refractivity contribution in [2.45, 2.75) is 6.92 Å². The Morgan fingerprint density at radius 3 is 2.72 bits per heavy atom. The van der Waals surface area contributed by atoms with E-state index in [0.29, 0.717) is 21.9 Å². The molecule has 0 saturated carbocycles. The largest absolute Gasteiger partial charge is 0.285 e. The monoisotopic (exact) mass is 261 g/mol. The first-order chi connectivity index (χ1) is 8.66. The summed E-state index contributed by atoms with van der Waals surface area (Å²) in [6, 6.07) is 5.71. The zero-order valence-corrected chi connectivity index (χ0v) is 10.2. The van der Waals surface area contributed by atoms with Crippen LogP contribution >= 0.6 is 11.3 Å². The van der Waals surface area contributed by atoms with E-state index in [2.05, 4.69) is 9.97 Å². The van der Waals surface area contributed by atoms with Crippen LogP contribution in [-0.4, -0.2) is 14.5 Å². The number of rotatable bonds is 1. The second kappa shape index (κ2) is 3.99. The lowest BCUT2D eigenvalue weighted by molar-refractivity contribution is 0.627. The van der Waals surface area contributed by atoms with Crippen molar-refractivity contribution in [3.8, 4) is 5.69 Å². The van der Waals surface area contributed by atoms with Gasteiger partial charge in [-0.15, -0.1) is 11.3 Å². The van der Waals surface area contributed by atoms with Gasteiger partial charge in [0, 0.05) is 0 Å². The van der Waals surface area contributed by atoms with Gasteiger partial charge in [-0.2, -0.15) is 0 Å². The van der Waals surface area contributed by atoms with Gasteiger partial charge in [0.05, 0.1) is 11.2 Å². The van der Waals surface area contributed by atoms with E-state index in [1.54, 1.807) is 24.6 Å². The molecular formula is C12H8FN3OS. The average Bonchev–Trinajstić information content (AvgIpc) is 2.80. The third-order valence-electron chi connectivity index (χ3n) is 2.63. The minimum absolute atomic E-state index is 0.231. The Hall–Kier alpha value is -2.08. The van der Waals surface area contributed by atoms with Gasteiger partial charge in [0.2, 0.25) is 0 Å². The fourth-order valence-electron chi connectivity index (χ4n) is 1.81. The number of thiazole rings is 1. The van der Waals surface area contributed by atoms with E-state index in [0.717, 1.165) is 0 Å². The second-order valence-corrected chi connectivity index (χ2v) is 4.62. The zero-order chi connectivity index (χ0) is 12.7. The third-order valence-corrected chi connectivity index (χ3v) is 3.34. The first-order valence-electron chi connectivity index (χ1n) is 5.25. The van der Waals surface area contributed by atoms with E-state index in [4.69, 9.17) is 0 Å². The summed E-state index contributed by atoms with van der Waals surface area (Å²) in [4.78, 5) is 21.2. The minimum Gasteiger partial charge on any atom is -0.266 e. The molecule has 0 saturated heterocycles. The van der Waals surface area contributed by atoms with Crippen LogP contribution in [0.5, 0.6) is 0 Å². The van der Waals surface area contributed by atoms with Gasteiger partial charge in [0.1, 0.15) is 11.6 Å². The van der Waals surface area contributed by atoms with Gasteiger partial charge in [0.15, 0.2) is 10.3 Å². The molecule has 2 heterocycles. The maximum atomic E-state index is 12.9. The van der Waals surface area contributed by atoms with Crippen LogP contribution in [-0.2, 0) is 0 Å². The summed E-state index contributed by atoms with van der Waals surface area (Å²) in [5.41, 5.74) is 2.29. The molecule has 18 heavy (non-hydrogen) atoms. The number of halogens is 1. The highest BCUT2D eigenvalue weighted by Gasteiger charge is 2.11. The van der Waals surface area contributed by atoms with Crippen LogP contribution in [0.2, 0.25) is 0 Å². The molecule has 0 unspecified atom stereocenters. The molecule has 0 radical (unpaired) electrons. The number of nitrogens with zero attached hydrogens (tertiary/aromatic N) is 3. The Bertz CT molecular complexity index is 776. The van der Waals surface area contributed by atoms with Crippen molar-refractivity contribution in [3.05, 3.63) is 51.8 Å². The summed E-state index contributed by atoms with van der Waals surface area (Å²) in [5, 5.41) is 0. The van der Waals surface area contributed by atoms with Gasteiger partial charge < -0.3 is 0 Å².